The number of rotatable bonds is 6. The van der Waals surface area contributed by atoms with Crippen molar-refractivity contribution in [2.24, 2.45) is 0 Å². The van der Waals surface area contributed by atoms with E-state index in [1.165, 1.54) is 20.1 Å². The van der Waals surface area contributed by atoms with E-state index in [1.807, 2.05) is 0 Å². The summed E-state index contributed by atoms with van der Waals surface area (Å²) in [6, 6.07) is 13.5. The minimum absolute atomic E-state index is 0.0494. The molecule has 0 radical (unpaired) electrons. The molecule has 0 fully saturated rings. The van der Waals surface area contributed by atoms with Gasteiger partial charge in [-0.2, -0.15) is 0 Å². The van der Waals surface area contributed by atoms with Crippen LogP contribution in [0.15, 0.2) is 60.2 Å². The maximum atomic E-state index is 12.2. The average Bonchev–Trinajstić information content (AvgIpc) is 2.62. The Hall–Kier alpha value is -3.41. The number of nitrogens with one attached hydrogen (secondary N) is 2. The van der Waals surface area contributed by atoms with E-state index >= 15 is 0 Å². The van der Waals surface area contributed by atoms with Gasteiger partial charge in [0.05, 0.1) is 12.8 Å². The van der Waals surface area contributed by atoms with Crippen LogP contribution in [0.3, 0.4) is 0 Å². The molecule has 2 rings (SSSR count). The molecule has 6 heteroatoms. The summed E-state index contributed by atoms with van der Waals surface area (Å²) in [4.78, 5) is 35.5. The Kier molecular flexibility index (Phi) is 6.27. The summed E-state index contributed by atoms with van der Waals surface area (Å²) >= 11 is 0. The van der Waals surface area contributed by atoms with Gasteiger partial charge in [-0.15, -0.1) is 0 Å². The summed E-state index contributed by atoms with van der Waals surface area (Å²) < 4.78 is 5.18. The third-order valence-corrected chi connectivity index (χ3v) is 3.62. The van der Waals surface area contributed by atoms with Crippen molar-refractivity contribution < 1.29 is 19.1 Å². The number of carbonyl (C=O) groups excluding carboxylic acids is 3. The summed E-state index contributed by atoms with van der Waals surface area (Å²) in [7, 11) is 1.51. The lowest BCUT2D eigenvalue weighted by Gasteiger charge is -2.10. The molecule has 26 heavy (non-hydrogen) atoms. The van der Waals surface area contributed by atoms with Crippen LogP contribution in [0, 0.1) is 0 Å². The second-order valence-corrected chi connectivity index (χ2v) is 5.60. The number of hydrogen-bond donors (Lipinski definition) is 2. The molecule has 0 unspecified atom stereocenters. The summed E-state index contributed by atoms with van der Waals surface area (Å²) in [5, 5.41) is 5.35. The number of hydrogen-bond acceptors (Lipinski definition) is 4. The van der Waals surface area contributed by atoms with E-state index in [0.29, 0.717) is 22.7 Å². The van der Waals surface area contributed by atoms with Gasteiger partial charge in [0.25, 0.3) is 5.91 Å². The molecular formula is C20H20N2O4. The van der Waals surface area contributed by atoms with Gasteiger partial charge in [-0.25, -0.2) is 0 Å². The van der Waals surface area contributed by atoms with Crippen LogP contribution in [0.1, 0.15) is 24.2 Å². The minimum Gasteiger partial charge on any atom is -0.495 e. The van der Waals surface area contributed by atoms with Crippen molar-refractivity contribution in [2.45, 2.75) is 13.8 Å². The van der Waals surface area contributed by atoms with Gasteiger partial charge in [-0.3, -0.25) is 14.4 Å². The van der Waals surface area contributed by atoms with Crippen molar-refractivity contribution in [3.63, 3.8) is 0 Å². The highest BCUT2D eigenvalue weighted by molar-refractivity contribution is 6.10. The molecule has 0 saturated carbocycles. The number of methoxy groups -OCH3 is 1. The predicted octanol–water partition coefficient (Wildman–Crippen LogP) is 3.42. The first-order valence-corrected chi connectivity index (χ1v) is 7.95. The molecule has 0 heterocycles. The number of ether oxygens (including phenoxy) is 1. The number of para-hydroxylation sites is 2. The minimum atomic E-state index is -0.437. The quantitative estimate of drug-likeness (QED) is 0.616. The van der Waals surface area contributed by atoms with E-state index in [9.17, 15) is 14.4 Å². The topological polar surface area (TPSA) is 84.5 Å². The van der Waals surface area contributed by atoms with Crippen molar-refractivity contribution in [3.05, 3.63) is 65.7 Å². The van der Waals surface area contributed by atoms with Crippen molar-refractivity contribution >= 4 is 29.0 Å². The highest BCUT2D eigenvalue weighted by Crippen LogP contribution is 2.23. The molecule has 2 aromatic rings. The number of benzene rings is 2. The second kappa shape index (κ2) is 8.62. The Morgan fingerprint density at radius 1 is 0.923 bits per heavy atom. The first-order valence-electron chi connectivity index (χ1n) is 7.95. The van der Waals surface area contributed by atoms with E-state index in [0.717, 1.165) is 0 Å². The predicted molar refractivity (Wildman–Crippen MR) is 100 cm³/mol. The van der Waals surface area contributed by atoms with Crippen LogP contribution in [0.4, 0.5) is 11.4 Å². The monoisotopic (exact) mass is 352 g/mol. The highest BCUT2D eigenvalue weighted by atomic mass is 16.5. The van der Waals surface area contributed by atoms with Crippen LogP contribution in [0.5, 0.6) is 5.75 Å². The lowest BCUT2D eigenvalue weighted by molar-refractivity contribution is -0.114. The number of ketones is 1. The first-order chi connectivity index (χ1) is 12.4. The second-order valence-electron chi connectivity index (χ2n) is 5.60. The Balaban J connectivity index is 2.02. The Labute approximate surface area is 151 Å². The molecule has 0 aliphatic carbocycles. The van der Waals surface area contributed by atoms with Crippen LogP contribution < -0.4 is 15.4 Å². The van der Waals surface area contributed by atoms with E-state index in [1.54, 1.807) is 55.5 Å². The Morgan fingerprint density at radius 3 is 2.19 bits per heavy atom. The van der Waals surface area contributed by atoms with Crippen molar-refractivity contribution in [2.75, 3.05) is 17.7 Å². The highest BCUT2D eigenvalue weighted by Gasteiger charge is 2.10. The van der Waals surface area contributed by atoms with Crippen LogP contribution in [0.2, 0.25) is 0 Å². The zero-order chi connectivity index (χ0) is 19.1. The van der Waals surface area contributed by atoms with Crippen molar-refractivity contribution in [3.8, 4) is 5.75 Å². The van der Waals surface area contributed by atoms with Gasteiger partial charge in [-0.05, 0) is 50.2 Å². The van der Waals surface area contributed by atoms with Gasteiger partial charge >= 0.3 is 0 Å². The molecule has 134 valence electrons. The van der Waals surface area contributed by atoms with Crippen molar-refractivity contribution in [1.29, 1.82) is 0 Å². The summed E-state index contributed by atoms with van der Waals surface area (Å²) in [6.07, 6.45) is 1.21. The standard InChI is InChI=1S/C20H20N2O4/c1-13(20(25)22-17-6-4-5-7-18(17)26-3)12-19(24)21-16-10-8-15(9-11-16)14(2)23/h4-12H,1-3H3,(H,21,24)(H,22,25)/b13-12-. The van der Waals surface area contributed by atoms with Gasteiger partial charge < -0.3 is 15.4 Å². The van der Waals surface area contributed by atoms with Gasteiger partial charge in [0, 0.05) is 22.9 Å². The molecule has 6 nitrogen and oxygen atoms in total. The fourth-order valence-electron chi connectivity index (χ4n) is 2.20. The fourth-order valence-corrected chi connectivity index (χ4v) is 2.20. The van der Waals surface area contributed by atoms with Gasteiger partial charge in [0.15, 0.2) is 5.78 Å². The average molecular weight is 352 g/mol. The molecule has 2 amide bonds. The lowest BCUT2D eigenvalue weighted by atomic mass is 10.1. The van der Waals surface area contributed by atoms with Crippen LogP contribution in [-0.4, -0.2) is 24.7 Å². The van der Waals surface area contributed by atoms with Crippen LogP contribution in [0.25, 0.3) is 0 Å². The van der Waals surface area contributed by atoms with E-state index in [4.69, 9.17) is 4.74 Å². The zero-order valence-electron chi connectivity index (χ0n) is 14.8. The number of carbonyl (C=O) groups is 3. The van der Waals surface area contributed by atoms with Gasteiger partial charge in [0.2, 0.25) is 5.91 Å². The molecule has 2 aromatic carbocycles. The van der Waals surface area contributed by atoms with Gasteiger partial charge in [0.1, 0.15) is 5.75 Å². The molecule has 2 N–H and O–H groups in total. The van der Waals surface area contributed by atoms with E-state index in [-0.39, 0.29) is 11.4 Å². The summed E-state index contributed by atoms with van der Waals surface area (Å²) in [6.45, 7) is 3.02. The maximum Gasteiger partial charge on any atom is 0.251 e. The number of anilines is 2. The smallest absolute Gasteiger partial charge is 0.251 e. The third-order valence-electron chi connectivity index (χ3n) is 3.62. The molecular weight excluding hydrogens is 332 g/mol. The normalized spacial score (nSPS) is 10.8. The largest absolute Gasteiger partial charge is 0.495 e. The van der Waals surface area contributed by atoms with E-state index < -0.39 is 11.8 Å². The summed E-state index contributed by atoms with van der Waals surface area (Å²) in [5.41, 5.74) is 1.86. The molecule has 0 spiro atoms. The van der Waals surface area contributed by atoms with Gasteiger partial charge in [-0.1, -0.05) is 12.1 Å². The Bertz CT molecular complexity index is 854. The number of Topliss-reactive ketones (excluding diaryl/α,β-unsaturated/α-hetero) is 1. The van der Waals surface area contributed by atoms with E-state index in [2.05, 4.69) is 10.6 Å². The molecule has 0 aliphatic heterocycles. The Morgan fingerprint density at radius 2 is 1.58 bits per heavy atom. The number of amides is 2. The molecule has 0 saturated heterocycles. The molecule has 0 bridgehead atoms. The van der Waals surface area contributed by atoms with Crippen LogP contribution in [-0.2, 0) is 9.59 Å². The lowest BCUT2D eigenvalue weighted by Crippen LogP contribution is -2.16. The summed E-state index contributed by atoms with van der Waals surface area (Å²) in [5.74, 6) is -0.361. The SMILES string of the molecule is COc1ccccc1NC(=O)/C(C)=C\C(=O)Nc1ccc(C(C)=O)cc1. The first kappa shape index (κ1) is 18.9. The third kappa shape index (κ3) is 5.04. The van der Waals surface area contributed by atoms with Crippen LogP contribution >= 0.6 is 0 Å². The molecule has 0 aliphatic rings. The maximum absolute atomic E-state index is 12.2. The fraction of sp³-hybridized carbons (Fsp3) is 0.150. The van der Waals surface area contributed by atoms with Crippen molar-refractivity contribution in [1.82, 2.24) is 0 Å². The molecule has 0 aromatic heterocycles. The zero-order valence-corrected chi connectivity index (χ0v) is 14.8. The molecule has 0 atom stereocenters.